The molecule has 0 saturated carbocycles. The Bertz CT molecular complexity index is 300. The van der Waals surface area contributed by atoms with Crippen LogP contribution in [0.5, 0.6) is 0 Å². The lowest BCUT2D eigenvalue weighted by atomic mass is 9.78. The van der Waals surface area contributed by atoms with E-state index >= 15 is 0 Å². The molecule has 120 valence electrons. The van der Waals surface area contributed by atoms with E-state index in [4.69, 9.17) is 10.5 Å². The first-order chi connectivity index (χ1) is 8.81. The van der Waals surface area contributed by atoms with Gasteiger partial charge in [0.15, 0.2) is 0 Å². The standard InChI is InChI=1S/C15H30N2O2.ClH/c1-12(2)9-14(3,4)11-17-13(18)15(10-16)5-7-19-8-6-15;/h12H,5-11,16H2,1-4H3,(H,17,18);1H. The summed E-state index contributed by atoms with van der Waals surface area (Å²) in [6.45, 7) is 11.2. The van der Waals surface area contributed by atoms with Gasteiger partial charge in [-0.3, -0.25) is 4.79 Å². The lowest BCUT2D eigenvalue weighted by Gasteiger charge is -2.36. The molecule has 3 N–H and O–H groups in total. The third kappa shape index (κ3) is 5.58. The van der Waals surface area contributed by atoms with Crippen molar-refractivity contribution in [2.75, 3.05) is 26.3 Å². The number of nitrogens with one attached hydrogen (secondary N) is 1. The second kappa shape index (κ2) is 8.20. The highest BCUT2D eigenvalue weighted by molar-refractivity contribution is 5.85. The lowest BCUT2D eigenvalue weighted by molar-refractivity contribution is -0.136. The van der Waals surface area contributed by atoms with Crippen molar-refractivity contribution in [1.29, 1.82) is 0 Å². The van der Waals surface area contributed by atoms with Crippen molar-refractivity contribution in [3.05, 3.63) is 0 Å². The molecule has 1 amide bonds. The number of hydrogen-bond donors (Lipinski definition) is 2. The summed E-state index contributed by atoms with van der Waals surface area (Å²) >= 11 is 0. The lowest BCUT2D eigenvalue weighted by Crippen LogP contribution is -2.50. The van der Waals surface area contributed by atoms with Crippen LogP contribution in [0, 0.1) is 16.7 Å². The van der Waals surface area contributed by atoms with Crippen LogP contribution in [0.4, 0.5) is 0 Å². The molecule has 0 aromatic heterocycles. The summed E-state index contributed by atoms with van der Waals surface area (Å²) in [5, 5.41) is 3.12. The van der Waals surface area contributed by atoms with Crippen LogP contribution in [0.2, 0.25) is 0 Å². The Kier molecular flexibility index (Phi) is 8.07. The molecular weight excluding hydrogens is 276 g/mol. The number of carbonyl (C=O) groups is 1. The number of ether oxygens (including phenoxy) is 1. The van der Waals surface area contributed by atoms with Gasteiger partial charge in [-0.15, -0.1) is 12.4 Å². The minimum absolute atomic E-state index is 0. The zero-order valence-corrected chi connectivity index (χ0v) is 14.1. The van der Waals surface area contributed by atoms with Crippen LogP contribution in [0.3, 0.4) is 0 Å². The predicted molar refractivity (Wildman–Crippen MR) is 85.0 cm³/mol. The van der Waals surface area contributed by atoms with Crippen molar-refractivity contribution >= 4 is 18.3 Å². The summed E-state index contributed by atoms with van der Waals surface area (Å²) in [5.41, 5.74) is 5.56. The van der Waals surface area contributed by atoms with E-state index in [-0.39, 0.29) is 23.7 Å². The maximum atomic E-state index is 12.4. The molecule has 0 radical (unpaired) electrons. The van der Waals surface area contributed by atoms with Gasteiger partial charge in [-0.05, 0) is 30.6 Å². The van der Waals surface area contributed by atoms with Crippen molar-refractivity contribution in [3.8, 4) is 0 Å². The fraction of sp³-hybridized carbons (Fsp3) is 0.933. The molecule has 20 heavy (non-hydrogen) atoms. The molecular formula is C15H31ClN2O2. The third-order valence-corrected chi connectivity index (χ3v) is 4.01. The minimum atomic E-state index is -0.411. The largest absolute Gasteiger partial charge is 0.381 e. The number of hydrogen-bond acceptors (Lipinski definition) is 3. The van der Waals surface area contributed by atoms with E-state index < -0.39 is 5.41 Å². The molecule has 1 aliphatic heterocycles. The molecule has 1 rings (SSSR count). The fourth-order valence-corrected chi connectivity index (χ4v) is 2.97. The molecule has 0 unspecified atom stereocenters. The van der Waals surface area contributed by atoms with Crippen molar-refractivity contribution in [2.45, 2.75) is 47.0 Å². The number of halogens is 1. The molecule has 5 heteroatoms. The minimum Gasteiger partial charge on any atom is -0.381 e. The van der Waals surface area contributed by atoms with Gasteiger partial charge in [0.2, 0.25) is 5.91 Å². The van der Waals surface area contributed by atoms with Gasteiger partial charge in [0.25, 0.3) is 0 Å². The Morgan fingerprint density at radius 2 is 1.90 bits per heavy atom. The highest BCUT2D eigenvalue weighted by Gasteiger charge is 2.39. The summed E-state index contributed by atoms with van der Waals surface area (Å²) in [7, 11) is 0. The van der Waals surface area contributed by atoms with Gasteiger partial charge >= 0.3 is 0 Å². The zero-order chi connectivity index (χ0) is 14.5. The highest BCUT2D eigenvalue weighted by Crippen LogP contribution is 2.30. The topological polar surface area (TPSA) is 64.4 Å². The van der Waals surface area contributed by atoms with E-state index in [1.54, 1.807) is 0 Å². The van der Waals surface area contributed by atoms with E-state index in [1.165, 1.54) is 0 Å². The summed E-state index contributed by atoms with van der Waals surface area (Å²) in [6.07, 6.45) is 2.58. The molecule has 0 aromatic rings. The Morgan fingerprint density at radius 1 is 1.35 bits per heavy atom. The highest BCUT2D eigenvalue weighted by atomic mass is 35.5. The first-order valence-electron chi connectivity index (χ1n) is 7.37. The van der Waals surface area contributed by atoms with Crippen LogP contribution in [-0.4, -0.2) is 32.2 Å². The first kappa shape index (κ1) is 19.7. The van der Waals surface area contributed by atoms with Gasteiger partial charge in [-0.25, -0.2) is 0 Å². The summed E-state index contributed by atoms with van der Waals surface area (Å²) in [6, 6.07) is 0. The van der Waals surface area contributed by atoms with E-state index in [0.29, 0.717) is 32.2 Å². The molecule has 1 heterocycles. The van der Waals surface area contributed by atoms with Crippen molar-refractivity contribution in [3.63, 3.8) is 0 Å². The molecule has 0 spiro atoms. The first-order valence-corrected chi connectivity index (χ1v) is 7.37. The molecule has 1 aliphatic rings. The van der Waals surface area contributed by atoms with Crippen LogP contribution >= 0.6 is 12.4 Å². The maximum absolute atomic E-state index is 12.4. The van der Waals surface area contributed by atoms with Gasteiger partial charge in [0.1, 0.15) is 0 Å². The van der Waals surface area contributed by atoms with E-state index in [0.717, 1.165) is 19.3 Å². The van der Waals surface area contributed by atoms with E-state index in [2.05, 4.69) is 33.0 Å². The van der Waals surface area contributed by atoms with Crippen molar-refractivity contribution in [1.82, 2.24) is 5.32 Å². The number of carbonyl (C=O) groups excluding carboxylic acids is 1. The van der Waals surface area contributed by atoms with Crippen LogP contribution in [0.1, 0.15) is 47.0 Å². The monoisotopic (exact) mass is 306 g/mol. The molecule has 1 saturated heterocycles. The predicted octanol–water partition coefficient (Wildman–Crippen LogP) is 2.35. The average Bonchev–Trinajstić information content (AvgIpc) is 2.35. The number of nitrogens with two attached hydrogens (primary N) is 1. The Balaban J connectivity index is 0.00000361. The van der Waals surface area contributed by atoms with Crippen molar-refractivity contribution < 1.29 is 9.53 Å². The molecule has 0 aromatic carbocycles. The van der Waals surface area contributed by atoms with Crippen LogP contribution < -0.4 is 11.1 Å². The zero-order valence-electron chi connectivity index (χ0n) is 13.3. The SMILES string of the molecule is CC(C)CC(C)(C)CNC(=O)C1(CN)CCOCC1.Cl. The maximum Gasteiger partial charge on any atom is 0.227 e. The Morgan fingerprint density at radius 3 is 2.35 bits per heavy atom. The molecule has 1 fully saturated rings. The molecule has 0 atom stereocenters. The number of amides is 1. The summed E-state index contributed by atoms with van der Waals surface area (Å²) in [4.78, 5) is 12.4. The summed E-state index contributed by atoms with van der Waals surface area (Å²) in [5.74, 6) is 0.744. The molecule has 4 nitrogen and oxygen atoms in total. The quantitative estimate of drug-likeness (QED) is 0.792. The van der Waals surface area contributed by atoms with Gasteiger partial charge in [-0.1, -0.05) is 27.7 Å². The van der Waals surface area contributed by atoms with Crippen LogP contribution in [0.15, 0.2) is 0 Å². The Hall–Kier alpha value is -0.320. The molecule has 0 bridgehead atoms. The third-order valence-electron chi connectivity index (χ3n) is 4.01. The average molecular weight is 307 g/mol. The van der Waals surface area contributed by atoms with Crippen LogP contribution in [-0.2, 0) is 9.53 Å². The Labute approximate surface area is 129 Å². The summed E-state index contributed by atoms with van der Waals surface area (Å²) < 4.78 is 5.34. The van der Waals surface area contributed by atoms with Crippen molar-refractivity contribution in [2.24, 2.45) is 22.5 Å². The van der Waals surface area contributed by atoms with Gasteiger partial charge in [0, 0.05) is 26.3 Å². The number of rotatable bonds is 6. The van der Waals surface area contributed by atoms with Gasteiger partial charge < -0.3 is 15.8 Å². The van der Waals surface area contributed by atoms with Crippen LogP contribution in [0.25, 0.3) is 0 Å². The van der Waals surface area contributed by atoms with Gasteiger partial charge in [0.05, 0.1) is 5.41 Å². The second-order valence-electron chi connectivity index (χ2n) is 7.04. The van der Waals surface area contributed by atoms with E-state index in [1.807, 2.05) is 0 Å². The smallest absolute Gasteiger partial charge is 0.227 e. The molecule has 0 aliphatic carbocycles. The van der Waals surface area contributed by atoms with E-state index in [9.17, 15) is 4.79 Å². The normalized spacial score (nSPS) is 18.5. The second-order valence-corrected chi connectivity index (χ2v) is 7.04. The van der Waals surface area contributed by atoms with Gasteiger partial charge in [-0.2, -0.15) is 0 Å². The fourth-order valence-electron chi connectivity index (χ4n) is 2.97.